The van der Waals surface area contributed by atoms with Crippen molar-refractivity contribution in [3.05, 3.63) is 0 Å². The summed E-state index contributed by atoms with van der Waals surface area (Å²) in [4.78, 5) is 31.1. The maximum absolute atomic E-state index is 12.7. The van der Waals surface area contributed by atoms with E-state index in [1.807, 2.05) is 16.8 Å². The van der Waals surface area contributed by atoms with Gasteiger partial charge >= 0.3 is 0 Å². The summed E-state index contributed by atoms with van der Waals surface area (Å²) < 4.78 is 5.35. The quantitative estimate of drug-likeness (QED) is 0.724. The number of nitrogens with one attached hydrogen (secondary N) is 1. The van der Waals surface area contributed by atoms with E-state index in [0.717, 1.165) is 65.3 Å². The van der Waals surface area contributed by atoms with Crippen LogP contribution in [0.4, 0.5) is 0 Å². The zero-order valence-electron chi connectivity index (χ0n) is 14.7. The molecule has 3 fully saturated rings. The Morgan fingerprint density at radius 1 is 1.25 bits per heavy atom. The van der Waals surface area contributed by atoms with Gasteiger partial charge in [0.1, 0.15) is 0 Å². The van der Waals surface area contributed by atoms with Crippen LogP contribution in [-0.4, -0.2) is 98.6 Å². The number of amides is 2. The molecule has 7 heteroatoms. The fraction of sp³-hybridized carbons (Fsp3) is 0.882. The highest BCUT2D eigenvalue weighted by Gasteiger charge is 2.37. The number of morpholine rings is 1. The molecule has 0 aliphatic carbocycles. The van der Waals surface area contributed by atoms with Gasteiger partial charge < -0.3 is 19.9 Å². The van der Waals surface area contributed by atoms with E-state index in [9.17, 15) is 9.59 Å². The molecule has 0 aromatic heterocycles. The number of piperidine rings is 1. The standard InChI is InChI=1S/C17H30N4O3/c1-19(15-2-4-18-5-3-15)17(23)14-12-16(22)21(13-14)7-6-20-8-10-24-11-9-20/h14-15,18H,2-13H2,1H3. The van der Waals surface area contributed by atoms with Gasteiger partial charge in [-0.3, -0.25) is 14.5 Å². The average molecular weight is 338 g/mol. The van der Waals surface area contributed by atoms with Crippen molar-refractivity contribution < 1.29 is 14.3 Å². The number of hydrogen-bond acceptors (Lipinski definition) is 5. The molecule has 0 bridgehead atoms. The largest absolute Gasteiger partial charge is 0.379 e. The third kappa shape index (κ3) is 4.26. The van der Waals surface area contributed by atoms with E-state index in [1.54, 1.807) is 0 Å². The Hall–Kier alpha value is -1.18. The summed E-state index contributed by atoms with van der Waals surface area (Å²) in [7, 11) is 1.90. The van der Waals surface area contributed by atoms with Crippen LogP contribution in [0.25, 0.3) is 0 Å². The molecule has 2 amide bonds. The van der Waals surface area contributed by atoms with Crippen molar-refractivity contribution >= 4 is 11.8 Å². The highest BCUT2D eigenvalue weighted by molar-refractivity contribution is 5.89. The monoisotopic (exact) mass is 338 g/mol. The van der Waals surface area contributed by atoms with Crippen molar-refractivity contribution in [3.8, 4) is 0 Å². The second kappa shape index (κ2) is 8.27. The molecule has 3 saturated heterocycles. The first-order valence-electron chi connectivity index (χ1n) is 9.20. The molecule has 0 aromatic carbocycles. The third-order valence-electron chi connectivity index (χ3n) is 5.56. The Morgan fingerprint density at radius 3 is 2.67 bits per heavy atom. The lowest BCUT2D eigenvalue weighted by atomic mass is 10.0. The summed E-state index contributed by atoms with van der Waals surface area (Å²) in [6.07, 6.45) is 2.38. The van der Waals surface area contributed by atoms with Crippen LogP contribution in [0.3, 0.4) is 0 Å². The van der Waals surface area contributed by atoms with E-state index in [4.69, 9.17) is 4.74 Å². The minimum atomic E-state index is -0.165. The van der Waals surface area contributed by atoms with Crippen LogP contribution < -0.4 is 5.32 Å². The van der Waals surface area contributed by atoms with E-state index in [0.29, 0.717) is 19.0 Å². The van der Waals surface area contributed by atoms with Crippen molar-refractivity contribution in [2.45, 2.75) is 25.3 Å². The second-order valence-electron chi connectivity index (χ2n) is 7.13. The Bertz CT molecular complexity index is 447. The predicted octanol–water partition coefficient (Wildman–Crippen LogP) is -0.622. The van der Waals surface area contributed by atoms with Crippen LogP contribution in [0.15, 0.2) is 0 Å². The van der Waals surface area contributed by atoms with Gasteiger partial charge in [-0.25, -0.2) is 0 Å². The van der Waals surface area contributed by atoms with Crippen LogP contribution in [0.2, 0.25) is 0 Å². The van der Waals surface area contributed by atoms with Gasteiger partial charge in [0.15, 0.2) is 0 Å². The molecule has 1 unspecified atom stereocenters. The van der Waals surface area contributed by atoms with Gasteiger partial charge in [0.25, 0.3) is 0 Å². The highest BCUT2D eigenvalue weighted by Crippen LogP contribution is 2.22. The van der Waals surface area contributed by atoms with Crippen LogP contribution in [0, 0.1) is 5.92 Å². The summed E-state index contributed by atoms with van der Waals surface area (Å²) in [6.45, 7) is 7.53. The normalized spacial score (nSPS) is 26.8. The Kier molecular flexibility index (Phi) is 6.08. The molecule has 136 valence electrons. The number of rotatable bonds is 5. The van der Waals surface area contributed by atoms with Crippen molar-refractivity contribution in [1.29, 1.82) is 0 Å². The molecule has 1 atom stereocenters. The fourth-order valence-corrected chi connectivity index (χ4v) is 3.90. The second-order valence-corrected chi connectivity index (χ2v) is 7.13. The first-order chi connectivity index (χ1) is 11.6. The molecule has 7 nitrogen and oxygen atoms in total. The van der Waals surface area contributed by atoms with Gasteiger partial charge in [0.05, 0.1) is 19.1 Å². The lowest BCUT2D eigenvalue weighted by molar-refractivity contribution is -0.137. The first kappa shape index (κ1) is 17.6. The van der Waals surface area contributed by atoms with E-state index in [1.165, 1.54) is 0 Å². The van der Waals surface area contributed by atoms with Gasteiger partial charge in [-0.2, -0.15) is 0 Å². The molecule has 0 saturated carbocycles. The van der Waals surface area contributed by atoms with Gasteiger partial charge in [-0.1, -0.05) is 0 Å². The minimum Gasteiger partial charge on any atom is -0.379 e. The molecular weight excluding hydrogens is 308 g/mol. The van der Waals surface area contributed by atoms with Crippen molar-refractivity contribution in [2.75, 3.05) is 66.1 Å². The van der Waals surface area contributed by atoms with E-state index in [-0.39, 0.29) is 17.7 Å². The Labute approximate surface area is 144 Å². The molecule has 0 radical (unpaired) electrons. The fourth-order valence-electron chi connectivity index (χ4n) is 3.90. The lowest BCUT2D eigenvalue weighted by Gasteiger charge is -2.33. The van der Waals surface area contributed by atoms with E-state index in [2.05, 4.69) is 10.2 Å². The molecule has 1 N–H and O–H groups in total. The molecule has 3 aliphatic rings. The number of carbonyl (C=O) groups excluding carboxylic acids is 2. The predicted molar refractivity (Wildman–Crippen MR) is 90.6 cm³/mol. The van der Waals surface area contributed by atoms with E-state index >= 15 is 0 Å². The number of ether oxygens (including phenoxy) is 1. The minimum absolute atomic E-state index is 0.125. The van der Waals surface area contributed by atoms with Crippen molar-refractivity contribution in [3.63, 3.8) is 0 Å². The summed E-state index contributed by atoms with van der Waals surface area (Å²) in [5, 5.41) is 3.33. The molecule has 3 heterocycles. The number of likely N-dealkylation sites (tertiary alicyclic amines) is 1. The summed E-state index contributed by atoms with van der Waals surface area (Å²) >= 11 is 0. The van der Waals surface area contributed by atoms with Crippen LogP contribution in [0.5, 0.6) is 0 Å². The number of nitrogens with zero attached hydrogens (tertiary/aromatic N) is 3. The molecule has 3 rings (SSSR count). The van der Waals surface area contributed by atoms with Crippen LogP contribution in [0.1, 0.15) is 19.3 Å². The number of hydrogen-bond donors (Lipinski definition) is 1. The summed E-state index contributed by atoms with van der Waals surface area (Å²) in [5.74, 6) is 0.103. The van der Waals surface area contributed by atoms with Gasteiger partial charge in [0, 0.05) is 52.2 Å². The maximum Gasteiger partial charge on any atom is 0.227 e. The average Bonchev–Trinajstić information content (AvgIpc) is 3.01. The molecule has 0 aromatic rings. The lowest BCUT2D eigenvalue weighted by Crippen LogP contribution is -2.46. The SMILES string of the molecule is CN(C(=O)C1CC(=O)N(CCN2CCOCC2)C1)C1CCNCC1. The van der Waals surface area contributed by atoms with Crippen molar-refractivity contribution in [1.82, 2.24) is 20.0 Å². The molecular formula is C17H30N4O3. The third-order valence-corrected chi connectivity index (χ3v) is 5.56. The van der Waals surface area contributed by atoms with Crippen LogP contribution >= 0.6 is 0 Å². The van der Waals surface area contributed by atoms with Gasteiger partial charge in [-0.15, -0.1) is 0 Å². The van der Waals surface area contributed by atoms with Crippen molar-refractivity contribution in [2.24, 2.45) is 5.92 Å². The zero-order valence-corrected chi connectivity index (χ0v) is 14.7. The number of carbonyl (C=O) groups is 2. The molecule has 24 heavy (non-hydrogen) atoms. The zero-order chi connectivity index (χ0) is 16.9. The van der Waals surface area contributed by atoms with Crippen LogP contribution in [-0.2, 0) is 14.3 Å². The molecule has 3 aliphatic heterocycles. The maximum atomic E-state index is 12.7. The summed E-state index contributed by atoms with van der Waals surface area (Å²) in [5.41, 5.74) is 0. The Morgan fingerprint density at radius 2 is 1.96 bits per heavy atom. The summed E-state index contributed by atoms with van der Waals surface area (Å²) in [6, 6.07) is 0.316. The first-order valence-corrected chi connectivity index (χ1v) is 9.20. The highest BCUT2D eigenvalue weighted by atomic mass is 16.5. The molecule has 0 spiro atoms. The van der Waals surface area contributed by atoms with E-state index < -0.39 is 0 Å². The Balaban J connectivity index is 1.47. The topological polar surface area (TPSA) is 65.1 Å². The smallest absolute Gasteiger partial charge is 0.227 e. The van der Waals surface area contributed by atoms with Gasteiger partial charge in [0.2, 0.25) is 11.8 Å². The van der Waals surface area contributed by atoms with Gasteiger partial charge in [-0.05, 0) is 25.9 Å².